The van der Waals surface area contributed by atoms with Crippen LogP contribution in [0, 0.1) is 11.7 Å². The summed E-state index contributed by atoms with van der Waals surface area (Å²) in [6, 6.07) is 9.64. The van der Waals surface area contributed by atoms with Crippen LogP contribution in [0.2, 0.25) is 5.02 Å². The number of hydrogen-bond acceptors (Lipinski definition) is 12. The molecule has 2 aromatic heterocycles. The zero-order valence-electron chi connectivity index (χ0n) is 35.6. The summed E-state index contributed by atoms with van der Waals surface area (Å²) in [6.07, 6.45) is 3.70. The number of aromatic nitrogens is 3. The molecule has 8 rings (SSSR count). The van der Waals surface area contributed by atoms with Crippen molar-refractivity contribution in [1.29, 1.82) is 0 Å². The third kappa shape index (κ3) is 8.15. The van der Waals surface area contributed by atoms with Gasteiger partial charge in [-0.15, -0.1) is 0 Å². The number of likely N-dealkylation sites (N-methyl/N-ethyl adjacent to an activating group) is 1. The first-order chi connectivity index (χ1) is 29.6. The molecule has 4 aliphatic rings. The number of hydrogen-bond donors (Lipinski definition) is 3. The Morgan fingerprint density at radius 2 is 1.74 bits per heavy atom. The maximum atomic E-state index is 16.1. The molecule has 4 amide bonds. The number of imide groups is 1. The molecule has 3 N–H and O–H groups in total. The van der Waals surface area contributed by atoms with Gasteiger partial charge >= 0.3 is 0 Å². The van der Waals surface area contributed by atoms with Crippen LogP contribution in [-0.2, 0) is 20.9 Å². The number of rotatable bonds is 11. The smallest absolute Gasteiger partial charge is 0.293 e. The highest BCUT2D eigenvalue weighted by Crippen LogP contribution is 2.39. The number of pyridine rings is 1. The van der Waals surface area contributed by atoms with Gasteiger partial charge in [-0.1, -0.05) is 11.6 Å². The Morgan fingerprint density at radius 3 is 2.44 bits per heavy atom. The van der Waals surface area contributed by atoms with Crippen molar-refractivity contribution in [3.8, 4) is 5.75 Å². The number of carbonyl (C=O) groups excluding carboxylic acids is 4. The fraction of sp³-hybridized carbons (Fsp3) is 0.477. The molecule has 0 saturated carbocycles. The van der Waals surface area contributed by atoms with Crippen LogP contribution in [0.15, 0.2) is 47.4 Å². The number of nitrogens with one attached hydrogen (secondary N) is 3. The zero-order valence-corrected chi connectivity index (χ0v) is 36.4. The van der Waals surface area contributed by atoms with Crippen molar-refractivity contribution in [2.24, 2.45) is 5.92 Å². The number of nitrogens with zero attached hydrogens (tertiary/aromatic N) is 7. The summed E-state index contributed by atoms with van der Waals surface area (Å²) in [4.78, 5) is 80.0. The van der Waals surface area contributed by atoms with Crippen molar-refractivity contribution in [2.45, 2.75) is 77.5 Å². The van der Waals surface area contributed by atoms with Crippen LogP contribution in [0.1, 0.15) is 75.3 Å². The Bertz CT molecular complexity index is 2500. The summed E-state index contributed by atoms with van der Waals surface area (Å²) >= 11 is 6.62. The highest BCUT2D eigenvalue weighted by Gasteiger charge is 2.42. The standard InChI is InChI=1S/C44H52ClFN10O6/c1-25(2)56-32-8-6-28(20-26(32)21-35(42(56)61)62-24-37(58)47-5)49-39-31(45)22-48-43(51-39)53-16-18-54(19-17-53)44(3,4)27-12-14-52(15-13-27)33-9-7-29-30(38(33)46)23-55(41(29)60)34-10-11-36(57)50-40(34)59/h6-9,20-22,25,27,34H,10-19,23-24H2,1-5H3,(H,47,58)(H,48,49,51)(H,50,57,59). The van der Waals surface area contributed by atoms with E-state index in [0.717, 1.165) is 36.8 Å². The van der Waals surface area contributed by atoms with Gasteiger partial charge in [-0.3, -0.25) is 34.2 Å². The molecule has 6 heterocycles. The van der Waals surface area contributed by atoms with E-state index in [1.54, 1.807) is 29.0 Å². The minimum Gasteiger partial charge on any atom is -0.478 e. The second-order valence-corrected chi connectivity index (χ2v) is 17.6. The molecule has 1 atom stereocenters. The Morgan fingerprint density at radius 1 is 1.00 bits per heavy atom. The first-order valence-electron chi connectivity index (χ1n) is 21.2. The van der Waals surface area contributed by atoms with Gasteiger partial charge in [-0.05, 0) is 89.3 Å². The van der Waals surface area contributed by atoms with E-state index in [4.69, 9.17) is 21.3 Å². The molecule has 4 aliphatic heterocycles. The lowest BCUT2D eigenvalue weighted by atomic mass is 9.78. The van der Waals surface area contributed by atoms with Crippen molar-refractivity contribution >= 4 is 69.3 Å². The van der Waals surface area contributed by atoms with E-state index < -0.39 is 17.8 Å². The minimum absolute atomic E-state index is 0.00271. The molecule has 16 nitrogen and oxygen atoms in total. The number of piperidine rings is 2. The van der Waals surface area contributed by atoms with Crippen molar-refractivity contribution in [1.82, 2.24) is 35.0 Å². The summed E-state index contributed by atoms with van der Waals surface area (Å²) < 4.78 is 23.4. The first kappa shape index (κ1) is 42.9. The maximum Gasteiger partial charge on any atom is 0.293 e. The minimum atomic E-state index is -0.792. The molecule has 62 heavy (non-hydrogen) atoms. The lowest BCUT2D eigenvalue weighted by molar-refractivity contribution is -0.137. The van der Waals surface area contributed by atoms with E-state index >= 15 is 4.39 Å². The predicted molar refractivity (Wildman–Crippen MR) is 234 cm³/mol. The Labute approximate surface area is 363 Å². The van der Waals surface area contributed by atoms with Crippen LogP contribution >= 0.6 is 11.6 Å². The normalized spacial score (nSPS) is 19.0. The molecule has 0 bridgehead atoms. The van der Waals surface area contributed by atoms with Crippen LogP contribution in [-0.4, -0.2) is 112 Å². The number of carbonyl (C=O) groups is 4. The second kappa shape index (κ2) is 17.2. The quantitative estimate of drug-likeness (QED) is 0.179. The maximum absolute atomic E-state index is 16.1. The van der Waals surface area contributed by atoms with Gasteiger partial charge in [0.1, 0.15) is 11.1 Å². The lowest BCUT2D eigenvalue weighted by Gasteiger charge is -2.50. The second-order valence-electron chi connectivity index (χ2n) is 17.2. The number of anilines is 4. The molecule has 0 spiro atoms. The number of halogens is 2. The van der Waals surface area contributed by atoms with E-state index in [0.29, 0.717) is 65.8 Å². The van der Waals surface area contributed by atoms with Gasteiger partial charge in [0, 0.05) is 86.5 Å². The van der Waals surface area contributed by atoms with E-state index in [1.807, 2.05) is 32.0 Å². The van der Waals surface area contributed by atoms with Gasteiger partial charge in [0.15, 0.2) is 24.0 Å². The predicted octanol–water partition coefficient (Wildman–Crippen LogP) is 4.61. The fourth-order valence-electron chi connectivity index (χ4n) is 9.37. The summed E-state index contributed by atoms with van der Waals surface area (Å²) in [7, 11) is 1.51. The number of piperazine rings is 1. The van der Waals surface area contributed by atoms with Crippen molar-refractivity contribution < 1.29 is 28.3 Å². The van der Waals surface area contributed by atoms with E-state index in [2.05, 4.69) is 49.5 Å². The van der Waals surface area contributed by atoms with Crippen molar-refractivity contribution in [3.63, 3.8) is 0 Å². The molecule has 3 saturated heterocycles. The average molecular weight is 871 g/mol. The van der Waals surface area contributed by atoms with Gasteiger partial charge in [-0.2, -0.15) is 4.98 Å². The third-order valence-corrected chi connectivity index (χ3v) is 13.3. The fourth-order valence-corrected chi connectivity index (χ4v) is 9.51. The molecule has 2 aromatic carbocycles. The van der Waals surface area contributed by atoms with Crippen LogP contribution < -0.4 is 36.0 Å². The summed E-state index contributed by atoms with van der Waals surface area (Å²) in [5, 5.41) is 9.21. The summed E-state index contributed by atoms with van der Waals surface area (Å²) in [6.45, 7) is 12.5. The topological polar surface area (TPSA) is 174 Å². The summed E-state index contributed by atoms with van der Waals surface area (Å²) in [5.74, 6) is -0.581. The molecule has 3 fully saturated rings. The third-order valence-electron chi connectivity index (χ3n) is 13.0. The van der Waals surface area contributed by atoms with Crippen molar-refractivity contribution in [3.05, 3.63) is 74.9 Å². The van der Waals surface area contributed by atoms with Gasteiger partial charge in [0.05, 0.1) is 23.9 Å². The largest absolute Gasteiger partial charge is 0.478 e. The first-order valence-corrected chi connectivity index (χ1v) is 21.6. The van der Waals surface area contributed by atoms with Crippen LogP contribution in [0.4, 0.5) is 27.5 Å². The van der Waals surface area contributed by atoms with Gasteiger partial charge < -0.3 is 34.6 Å². The Kier molecular flexibility index (Phi) is 11.9. The molecule has 1 unspecified atom stereocenters. The molecular formula is C44H52ClFN10O6. The average Bonchev–Trinajstić information content (AvgIpc) is 3.59. The van der Waals surface area contributed by atoms with Crippen LogP contribution in [0.5, 0.6) is 5.75 Å². The van der Waals surface area contributed by atoms with E-state index in [-0.39, 0.29) is 72.2 Å². The highest BCUT2D eigenvalue weighted by atomic mass is 35.5. The number of ether oxygens (including phenoxy) is 1. The van der Waals surface area contributed by atoms with Gasteiger partial charge in [0.25, 0.3) is 17.4 Å². The van der Waals surface area contributed by atoms with E-state index in [9.17, 15) is 24.0 Å². The lowest BCUT2D eigenvalue weighted by Crippen LogP contribution is -2.59. The van der Waals surface area contributed by atoms with E-state index in [1.165, 1.54) is 11.9 Å². The Hall–Kier alpha value is -5.81. The number of amides is 4. The van der Waals surface area contributed by atoms with Crippen LogP contribution in [0.3, 0.4) is 0 Å². The molecule has 328 valence electrons. The van der Waals surface area contributed by atoms with Gasteiger partial charge in [-0.25, -0.2) is 9.37 Å². The van der Waals surface area contributed by atoms with Crippen LogP contribution in [0.25, 0.3) is 10.9 Å². The zero-order chi connectivity index (χ0) is 44.0. The highest BCUT2D eigenvalue weighted by molar-refractivity contribution is 6.33. The number of fused-ring (bicyclic) bond motifs is 2. The monoisotopic (exact) mass is 870 g/mol. The molecule has 4 aromatic rings. The Balaban J connectivity index is 0.888. The SMILES string of the molecule is CNC(=O)COc1cc2cc(Nc3nc(N4CCN(C(C)(C)C5CCN(c6ccc7c(c6F)CN(C6CCC(=O)NC6=O)C7=O)CC5)CC4)ncc3Cl)ccc2n(C(C)C)c1=O. The molecule has 18 heteroatoms. The molecule has 0 aliphatic carbocycles. The number of benzene rings is 2. The molecular weight excluding hydrogens is 819 g/mol. The van der Waals surface area contributed by atoms with Gasteiger partial charge in [0.2, 0.25) is 17.8 Å². The summed E-state index contributed by atoms with van der Waals surface area (Å²) in [5.41, 5.74) is 2.02. The molecule has 0 radical (unpaired) electrons. The van der Waals surface area contributed by atoms with Crippen molar-refractivity contribution in [2.75, 3.05) is 68.0 Å².